The molecule has 2 aromatic heterocycles. The van der Waals surface area contributed by atoms with Crippen molar-refractivity contribution in [3.8, 4) is 0 Å². The molecule has 1 saturated carbocycles. The number of nitrogens with one attached hydrogen (secondary N) is 1. The smallest absolute Gasteiger partial charge is 0.260 e. The zero-order valence-electron chi connectivity index (χ0n) is 9.89. The molecule has 98 valence electrons. The number of aromatic nitrogens is 2. The van der Waals surface area contributed by atoms with Gasteiger partial charge in [0.15, 0.2) is 16.8 Å². The average molecular weight is 278 g/mol. The van der Waals surface area contributed by atoms with Crippen molar-refractivity contribution in [1.29, 1.82) is 0 Å². The highest BCUT2D eigenvalue weighted by Gasteiger charge is 2.26. The molecule has 0 atom stereocenters. The summed E-state index contributed by atoms with van der Waals surface area (Å²) < 4.78 is 13.6. The fraction of sp³-hybridized carbons (Fsp3) is 0.250. The summed E-state index contributed by atoms with van der Waals surface area (Å²) in [7, 11) is 0. The third-order valence-corrected chi connectivity index (χ3v) is 3.67. The van der Waals surface area contributed by atoms with Crippen LogP contribution in [0.2, 0.25) is 0 Å². The molecule has 0 bridgehead atoms. The lowest BCUT2D eigenvalue weighted by Gasteiger charge is -2.04. The quantitative estimate of drug-likeness (QED) is 0.903. The number of hydrogen-bond acceptors (Lipinski definition) is 5. The molecule has 0 saturated heterocycles. The van der Waals surface area contributed by atoms with E-state index in [4.69, 9.17) is 5.73 Å². The van der Waals surface area contributed by atoms with Crippen molar-refractivity contribution in [2.75, 3.05) is 11.1 Å². The molecule has 1 aliphatic rings. The van der Waals surface area contributed by atoms with Gasteiger partial charge in [-0.2, -0.15) is 0 Å². The van der Waals surface area contributed by atoms with Gasteiger partial charge in [0.2, 0.25) is 0 Å². The van der Waals surface area contributed by atoms with Crippen molar-refractivity contribution in [3.63, 3.8) is 0 Å². The Kier molecular flexibility index (Phi) is 2.90. The normalized spacial score (nSPS) is 14.4. The average Bonchev–Trinajstić information content (AvgIpc) is 3.14. The van der Waals surface area contributed by atoms with Gasteiger partial charge in [-0.05, 0) is 18.9 Å². The van der Waals surface area contributed by atoms with Crippen molar-refractivity contribution in [3.05, 3.63) is 34.7 Å². The molecule has 0 unspecified atom stereocenters. The molecule has 3 N–H and O–H groups in total. The van der Waals surface area contributed by atoms with E-state index < -0.39 is 11.7 Å². The Balaban J connectivity index is 1.78. The highest BCUT2D eigenvalue weighted by molar-refractivity contribution is 7.14. The molecule has 0 spiro atoms. The molecular weight excluding hydrogens is 267 g/mol. The van der Waals surface area contributed by atoms with Crippen LogP contribution in [0.4, 0.5) is 15.3 Å². The lowest BCUT2D eigenvalue weighted by molar-refractivity contribution is 0.102. The zero-order valence-corrected chi connectivity index (χ0v) is 10.7. The second-order valence-electron chi connectivity index (χ2n) is 4.36. The summed E-state index contributed by atoms with van der Waals surface area (Å²) in [6, 6.07) is 1.29. The van der Waals surface area contributed by atoms with E-state index in [2.05, 4.69) is 15.3 Å². The fourth-order valence-corrected chi connectivity index (χ4v) is 2.50. The van der Waals surface area contributed by atoms with Crippen LogP contribution < -0.4 is 11.1 Å². The molecule has 7 heteroatoms. The number of pyridine rings is 1. The molecule has 1 fully saturated rings. The number of carbonyl (C=O) groups is 1. The molecule has 5 nitrogen and oxygen atoms in total. The number of thiazole rings is 1. The van der Waals surface area contributed by atoms with Gasteiger partial charge in [0.1, 0.15) is 0 Å². The topological polar surface area (TPSA) is 80.9 Å². The maximum Gasteiger partial charge on any atom is 0.260 e. The van der Waals surface area contributed by atoms with E-state index in [0.29, 0.717) is 11.0 Å². The van der Waals surface area contributed by atoms with Crippen LogP contribution in [-0.4, -0.2) is 15.9 Å². The van der Waals surface area contributed by atoms with Gasteiger partial charge in [0.05, 0.1) is 11.3 Å². The maximum atomic E-state index is 13.6. The molecule has 0 aliphatic heterocycles. The second-order valence-corrected chi connectivity index (χ2v) is 5.22. The Labute approximate surface area is 112 Å². The molecule has 1 aliphatic carbocycles. The van der Waals surface area contributed by atoms with Crippen molar-refractivity contribution >= 4 is 28.2 Å². The van der Waals surface area contributed by atoms with Gasteiger partial charge in [-0.15, -0.1) is 11.3 Å². The molecule has 0 aromatic carbocycles. The lowest BCUT2D eigenvalue weighted by atomic mass is 10.2. The van der Waals surface area contributed by atoms with Crippen molar-refractivity contribution in [2.45, 2.75) is 18.8 Å². The van der Waals surface area contributed by atoms with Gasteiger partial charge in [0.25, 0.3) is 5.91 Å². The van der Waals surface area contributed by atoms with Crippen LogP contribution in [0, 0.1) is 5.82 Å². The second kappa shape index (κ2) is 4.58. The summed E-state index contributed by atoms with van der Waals surface area (Å²) in [5.74, 6) is -1.14. The summed E-state index contributed by atoms with van der Waals surface area (Å²) in [4.78, 5) is 19.8. The predicted octanol–water partition coefficient (Wildman–Crippen LogP) is 2.39. The third kappa shape index (κ3) is 2.41. The Morgan fingerprint density at radius 3 is 3.05 bits per heavy atom. The molecule has 2 aromatic rings. The number of nitrogens with two attached hydrogens (primary N) is 1. The Morgan fingerprint density at radius 1 is 1.53 bits per heavy atom. The first-order valence-corrected chi connectivity index (χ1v) is 6.70. The van der Waals surface area contributed by atoms with Gasteiger partial charge in [-0.3, -0.25) is 10.1 Å². The van der Waals surface area contributed by atoms with Gasteiger partial charge in [-0.25, -0.2) is 14.4 Å². The Bertz CT molecular complexity index is 638. The predicted molar refractivity (Wildman–Crippen MR) is 70.6 cm³/mol. The van der Waals surface area contributed by atoms with Gasteiger partial charge in [-0.1, -0.05) is 0 Å². The van der Waals surface area contributed by atoms with E-state index in [0.717, 1.165) is 18.5 Å². The lowest BCUT2D eigenvalue weighted by Crippen LogP contribution is -2.15. The first-order valence-electron chi connectivity index (χ1n) is 5.82. The summed E-state index contributed by atoms with van der Waals surface area (Å²) in [5.41, 5.74) is 6.19. The van der Waals surface area contributed by atoms with Crippen LogP contribution in [0.5, 0.6) is 0 Å². The minimum Gasteiger partial charge on any atom is -0.381 e. The van der Waals surface area contributed by atoms with Crippen LogP contribution >= 0.6 is 11.3 Å². The standard InChI is InChI=1S/C12H11FN4OS/c13-9-7(3-4-15-10(9)14)11(18)17-12-16-8(5-19-12)6-1-2-6/h3-6H,1-2H2,(H2,14,15)(H,16,17,18). The maximum absolute atomic E-state index is 13.6. The minimum atomic E-state index is -0.807. The van der Waals surface area contributed by atoms with E-state index in [1.165, 1.54) is 23.6 Å². The fourth-order valence-electron chi connectivity index (χ4n) is 1.71. The Hall–Kier alpha value is -2.02. The molecule has 19 heavy (non-hydrogen) atoms. The van der Waals surface area contributed by atoms with Crippen LogP contribution in [0.1, 0.15) is 34.8 Å². The number of halogens is 1. The van der Waals surface area contributed by atoms with Crippen LogP contribution in [0.15, 0.2) is 17.6 Å². The number of nitrogen functional groups attached to an aromatic ring is 1. The number of rotatable bonds is 3. The largest absolute Gasteiger partial charge is 0.381 e. The monoisotopic (exact) mass is 278 g/mol. The van der Waals surface area contributed by atoms with E-state index >= 15 is 0 Å². The van der Waals surface area contributed by atoms with Crippen LogP contribution in [0.3, 0.4) is 0 Å². The summed E-state index contributed by atoms with van der Waals surface area (Å²) >= 11 is 1.34. The number of carbonyl (C=O) groups excluding carboxylic acids is 1. The Morgan fingerprint density at radius 2 is 2.32 bits per heavy atom. The SMILES string of the molecule is Nc1nccc(C(=O)Nc2nc(C3CC3)cs2)c1F. The van der Waals surface area contributed by atoms with E-state index in [1.54, 1.807) is 0 Å². The molecular formula is C12H11FN4OS. The minimum absolute atomic E-state index is 0.129. The molecule has 0 radical (unpaired) electrons. The molecule has 3 rings (SSSR count). The highest BCUT2D eigenvalue weighted by atomic mass is 32.1. The van der Waals surface area contributed by atoms with Gasteiger partial charge < -0.3 is 5.73 Å². The number of amides is 1. The first-order chi connectivity index (χ1) is 9.15. The molecule has 2 heterocycles. The number of hydrogen-bond donors (Lipinski definition) is 2. The van der Waals surface area contributed by atoms with Crippen molar-refractivity contribution < 1.29 is 9.18 Å². The highest BCUT2D eigenvalue weighted by Crippen LogP contribution is 2.40. The van der Waals surface area contributed by atoms with E-state index in [-0.39, 0.29) is 11.4 Å². The van der Waals surface area contributed by atoms with E-state index in [9.17, 15) is 9.18 Å². The summed E-state index contributed by atoms with van der Waals surface area (Å²) in [6.07, 6.45) is 3.59. The van der Waals surface area contributed by atoms with Crippen molar-refractivity contribution in [1.82, 2.24) is 9.97 Å². The number of nitrogens with zero attached hydrogens (tertiary/aromatic N) is 2. The molecule has 1 amide bonds. The zero-order chi connectivity index (χ0) is 13.4. The first kappa shape index (κ1) is 12.0. The number of anilines is 2. The van der Waals surface area contributed by atoms with E-state index in [1.807, 2.05) is 5.38 Å². The van der Waals surface area contributed by atoms with Crippen LogP contribution in [0.25, 0.3) is 0 Å². The third-order valence-electron chi connectivity index (χ3n) is 2.90. The van der Waals surface area contributed by atoms with Crippen molar-refractivity contribution in [2.24, 2.45) is 0 Å². The van der Waals surface area contributed by atoms with Gasteiger partial charge >= 0.3 is 0 Å². The summed E-state index contributed by atoms with van der Waals surface area (Å²) in [5, 5.41) is 4.97. The van der Waals surface area contributed by atoms with Crippen LogP contribution in [-0.2, 0) is 0 Å². The van der Waals surface area contributed by atoms with Gasteiger partial charge in [0, 0.05) is 17.5 Å². The summed E-state index contributed by atoms with van der Waals surface area (Å²) in [6.45, 7) is 0.